The number of nitrogens with one attached hydrogen (secondary N) is 2. The van der Waals surface area contributed by atoms with Gasteiger partial charge in [0.15, 0.2) is 5.11 Å². The Kier molecular flexibility index (Phi) is 13.0. The molecule has 3 saturated heterocycles. The summed E-state index contributed by atoms with van der Waals surface area (Å²) in [6.07, 6.45) is -6.15. The fraction of sp³-hybridized carbons (Fsp3) is 0.550. The summed E-state index contributed by atoms with van der Waals surface area (Å²) in [5, 5.41) is 14.2. The Bertz CT molecular complexity index is 2000. The Balaban J connectivity index is 0.956. The molecule has 3 aliphatic heterocycles. The number of rotatable bonds is 11. The summed E-state index contributed by atoms with van der Waals surface area (Å²) in [7, 11) is 0. The van der Waals surface area contributed by atoms with Gasteiger partial charge >= 0.3 is 12.4 Å². The van der Waals surface area contributed by atoms with Gasteiger partial charge in [0.05, 0.1) is 41.5 Å². The normalized spacial score (nSPS) is 24.6. The van der Waals surface area contributed by atoms with Crippen molar-refractivity contribution in [3.8, 4) is 6.07 Å². The summed E-state index contributed by atoms with van der Waals surface area (Å²) in [6, 6.07) is 9.06. The number of piperazine rings is 1. The molecule has 12 nitrogen and oxygen atoms in total. The molecule has 19 heteroatoms. The Morgan fingerprint density at radius 1 is 1.02 bits per heavy atom. The molecule has 4 aliphatic rings. The first kappa shape index (κ1) is 43.9. The third-order valence-electron chi connectivity index (χ3n) is 11.5. The van der Waals surface area contributed by atoms with Crippen LogP contribution >= 0.6 is 12.2 Å². The molecule has 6 rings (SSSR count). The van der Waals surface area contributed by atoms with Crippen LogP contribution in [0.1, 0.15) is 81.4 Å². The van der Waals surface area contributed by atoms with Gasteiger partial charge in [0.2, 0.25) is 17.7 Å². The lowest BCUT2D eigenvalue weighted by Crippen LogP contribution is -2.60. The molecular weight excluding hydrogens is 805 g/mol. The van der Waals surface area contributed by atoms with E-state index in [9.17, 15) is 50.8 Å². The number of alkyl halides is 6. The molecule has 1 unspecified atom stereocenters. The lowest BCUT2D eigenvalue weighted by atomic mass is 9.89. The van der Waals surface area contributed by atoms with Crippen molar-refractivity contribution in [2.24, 2.45) is 0 Å². The number of carbonyl (C=O) groups excluding carboxylic acids is 4. The molecule has 0 radical (unpaired) electrons. The fourth-order valence-electron chi connectivity index (χ4n) is 8.47. The highest BCUT2D eigenvalue weighted by Crippen LogP contribution is 2.41. The van der Waals surface area contributed by atoms with E-state index in [0.29, 0.717) is 69.5 Å². The first-order valence-corrected chi connectivity index (χ1v) is 19.9. The van der Waals surface area contributed by atoms with Crippen molar-refractivity contribution in [3.63, 3.8) is 0 Å². The molecule has 0 spiro atoms. The minimum atomic E-state index is -4.81. The van der Waals surface area contributed by atoms with Crippen molar-refractivity contribution < 1.29 is 50.3 Å². The van der Waals surface area contributed by atoms with Gasteiger partial charge in [0.25, 0.3) is 5.91 Å². The molecule has 3 heterocycles. The van der Waals surface area contributed by atoms with Crippen LogP contribution in [0.2, 0.25) is 0 Å². The second-order valence-electron chi connectivity index (χ2n) is 15.9. The SMILES string of the molecule is CC1(C)C(=O)N(c2ccc(C#N)c(C(F)(F)F)c2)C(=S)N1C1CCC(OCCCN2CCN(CC(=O)Nc3cccc(C4CCC(=O)NC4=O)c3)[C@@H](C(F)(F)F)C2)CC1. The molecule has 4 amide bonds. The first-order valence-electron chi connectivity index (χ1n) is 19.5. The first-order chi connectivity index (χ1) is 27.8. The standard InChI is InChI=1S/C40H45F6N7O5S/c1-38(2)36(57)52(28-8-7-25(21-47)31(20-28)39(41,42)43)37(59)53(38)27-9-11-29(12-10-27)58-18-4-15-50-16-17-51(32(22-50)40(44,45)46)23-34(55)48-26-6-3-5-24(19-26)30-13-14-33(54)49-35(30)56/h3,5-8,19-20,27,29-30,32H,4,9-18,22-23H2,1-2H3,(H,48,55)(H,49,54,56)/t27?,29?,30?,32-/m1/s1. The lowest BCUT2D eigenvalue weighted by Gasteiger charge is -2.42. The minimum Gasteiger partial charge on any atom is -0.378 e. The Labute approximate surface area is 342 Å². The van der Waals surface area contributed by atoms with E-state index in [-0.39, 0.29) is 48.4 Å². The van der Waals surface area contributed by atoms with Gasteiger partial charge in [0, 0.05) is 50.9 Å². The maximum Gasteiger partial charge on any atom is 0.417 e. The quantitative estimate of drug-likeness (QED) is 0.125. The molecule has 0 aromatic heterocycles. The van der Waals surface area contributed by atoms with Gasteiger partial charge in [-0.3, -0.25) is 34.3 Å². The van der Waals surface area contributed by atoms with Crippen LogP contribution in [0.3, 0.4) is 0 Å². The summed E-state index contributed by atoms with van der Waals surface area (Å²) in [6.45, 7) is 3.55. The highest BCUT2D eigenvalue weighted by atomic mass is 32.1. The highest BCUT2D eigenvalue weighted by Gasteiger charge is 2.53. The molecular formula is C40H45F6N7O5S. The molecule has 0 bridgehead atoms. The average Bonchev–Trinajstić information content (AvgIpc) is 3.34. The average molecular weight is 850 g/mol. The van der Waals surface area contributed by atoms with Gasteiger partial charge in [-0.25, -0.2) is 0 Å². The summed E-state index contributed by atoms with van der Waals surface area (Å²) in [5.41, 5.74) is -2.01. The van der Waals surface area contributed by atoms with Crippen LogP contribution in [0.15, 0.2) is 42.5 Å². The van der Waals surface area contributed by atoms with Crippen molar-refractivity contribution in [3.05, 3.63) is 59.2 Å². The number of benzene rings is 2. The number of hydrogen-bond acceptors (Lipinski definition) is 9. The maximum atomic E-state index is 14.3. The smallest absolute Gasteiger partial charge is 0.378 e. The molecule has 1 saturated carbocycles. The fourth-order valence-corrected chi connectivity index (χ4v) is 9.04. The van der Waals surface area contributed by atoms with Gasteiger partial charge in [-0.05, 0) is 100 Å². The Morgan fingerprint density at radius 3 is 2.41 bits per heavy atom. The topological polar surface area (TPSA) is 138 Å². The van der Waals surface area contributed by atoms with E-state index in [1.165, 1.54) is 12.1 Å². The molecule has 2 aromatic rings. The van der Waals surface area contributed by atoms with Crippen LogP contribution in [-0.4, -0.2) is 113 Å². The van der Waals surface area contributed by atoms with Gasteiger partial charge in [-0.15, -0.1) is 0 Å². The Morgan fingerprint density at radius 2 is 1.75 bits per heavy atom. The Hall–Kier alpha value is -4.64. The molecule has 1 aliphatic carbocycles. The van der Waals surface area contributed by atoms with E-state index in [0.717, 1.165) is 21.9 Å². The van der Waals surface area contributed by atoms with Crippen LogP contribution in [0.5, 0.6) is 0 Å². The van der Waals surface area contributed by atoms with Gasteiger partial charge in [-0.2, -0.15) is 31.6 Å². The van der Waals surface area contributed by atoms with E-state index in [1.54, 1.807) is 47.9 Å². The summed E-state index contributed by atoms with van der Waals surface area (Å²) in [5.74, 6) is -2.48. The molecule has 4 fully saturated rings. The van der Waals surface area contributed by atoms with E-state index < -0.39 is 65.2 Å². The van der Waals surface area contributed by atoms with Crippen molar-refractivity contribution in [1.29, 1.82) is 5.26 Å². The number of nitriles is 1. The third-order valence-corrected chi connectivity index (χ3v) is 11.9. The van der Waals surface area contributed by atoms with Gasteiger partial charge in [0.1, 0.15) is 11.6 Å². The lowest BCUT2D eigenvalue weighted by molar-refractivity contribution is -0.197. The molecule has 318 valence electrons. The third kappa shape index (κ3) is 9.88. The van der Waals surface area contributed by atoms with E-state index in [1.807, 2.05) is 0 Å². The van der Waals surface area contributed by atoms with E-state index >= 15 is 0 Å². The summed E-state index contributed by atoms with van der Waals surface area (Å²) >= 11 is 5.68. The zero-order valence-electron chi connectivity index (χ0n) is 32.5. The second kappa shape index (κ2) is 17.5. The van der Waals surface area contributed by atoms with Crippen LogP contribution < -0.4 is 15.5 Å². The highest BCUT2D eigenvalue weighted by molar-refractivity contribution is 7.80. The number of anilines is 2. The summed E-state index contributed by atoms with van der Waals surface area (Å²) in [4.78, 5) is 56.0. The second-order valence-corrected chi connectivity index (χ2v) is 16.2. The number of piperidine rings is 1. The number of carbonyl (C=O) groups is 4. The van der Waals surface area contributed by atoms with Crippen molar-refractivity contribution in [2.45, 2.75) is 101 Å². The maximum absolute atomic E-state index is 14.3. The zero-order valence-corrected chi connectivity index (χ0v) is 33.3. The van der Waals surface area contributed by atoms with Crippen LogP contribution in [0.25, 0.3) is 0 Å². The zero-order chi connectivity index (χ0) is 42.9. The molecule has 2 atom stereocenters. The van der Waals surface area contributed by atoms with Crippen molar-refractivity contribution in [2.75, 3.05) is 49.5 Å². The van der Waals surface area contributed by atoms with Gasteiger partial charge in [-0.1, -0.05) is 12.1 Å². The number of amides is 4. The van der Waals surface area contributed by atoms with Crippen molar-refractivity contribution >= 4 is 52.3 Å². The number of nitrogens with zero attached hydrogens (tertiary/aromatic N) is 5. The largest absolute Gasteiger partial charge is 0.417 e. The van der Waals surface area contributed by atoms with Crippen LogP contribution in [0.4, 0.5) is 37.7 Å². The molecule has 2 aromatic carbocycles. The summed E-state index contributed by atoms with van der Waals surface area (Å²) < 4.78 is 90.0. The predicted octanol–water partition coefficient (Wildman–Crippen LogP) is 5.71. The van der Waals surface area contributed by atoms with E-state index in [2.05, 4.69) is 10.6 Å². The van der Waals surface area contributed by atoms with Gasteiger partial charge < -0.3 is 19.9 Å². The number of imide groups is 1. The number of hydrogen-bond donors (Lipinski definition) is 2. The van der Waals surface area contributed by atoms with Crippen LogP contribution in [0, 0.1) is 11.3 Å². The van der Waals surface area contributed by atoms with Crippen LogP contribution in [-0.2, 0) is 30.1 Å². The predicted molar refractivity (Wildman–Crippen MR) is 207 cm³/mol. The minimum absolute atomic E-state index is 0.0160. The van der Waals surface area contributed by atoms with Crippen molar-refractivity contribution in [1.82, 2.24) is 20.0 Å². The molecule has 59 heavy (non-hydrogen) atoms. The number of halogens is 6. The molecule has 2 N–H and O–H groups in total. The number of thiocarbonyl (C=S) groups is 1. The number of ether oxygens (including phenoxy) is 1. The van der Waals surface area contributed by atoms with E-state index in [4.69, 9.17) is 17.0 Å². The monoisotopic (exact) mass is 849 g/mol.